The largest absolute Gasteiger partial charge is 0.458 e. The Kier molecular flexibility index (Phi) is 4.98. The van der Waals surface area contributed by atoms with E-state index in [0.717, 1.165) is 6.42 Å². The van der Waals surface area contributed by atoms with Crippen LogP contribution in [0.4, 0.5) is 0 Å². The van der Waals surface area contributed by atoms with E-state index in [-0.39, 0.29) is 23.9 Å². The molecule has 144 valence electrons. The minimum atomic E-state index is -0.583. The lowest BCUT2D eigenvalue weighted by Crippen LogP contribution is -2.35. The molecule has 2 atom stereocenters. The lowest BCUT2D eigenvalue weighted by atomic mass is 9.58. The number of hydrogen-bond donors (Lipinski definition) is 1. The number of hydrogen-bond acceptors (Lipinski definition) is 3. The van der Waals surface area contributed by atoms with Gasteiger partial charge in [0.25, 0.3) is 0 Å². The van der Waals surface area contributed by atoms with E-state index in [0.29, 0.717) is 12.3 Å². The van der Waals surface area contributed by atoms with E-state index in [2.05, 4.69) is 44.2 Å². The standard InChI is InChI=1S/C24H30O3/c1-16-4-3-5-17(12-16)13-21-18-8-10-24(2,11-9-18)22(21)7-6-20-14-19(25)15-23(26)27-20/h3-7,12,18-20,25H,8-11,13-15H2,1-2H3/b7-6+/t18?,19-,20-,24?/m1/s1. The van der Waals surface area contributed by atoms with E-state index in [1.165, 1.54) is 42.4 Å². The predicted octanol–water partition coefficient (Wildman–Crippen LogP) is 4.67. The molecule has 1 saturated carbocycles. The van der Waals surface area contributed by atoms with E-state index in [1.807, 2.05) is 6.08 Å². The van der Waals surface area contributed by atoms with Crippen LogP contribution in [-0.2, 0) is 16.0 Å². The van der Waals surface area contributed by atoms with Crippen molar-refractivity contribution in [3.05, 3.63) is 58.7 Å². The molecule has 0 aromatic heterocycles. The van der Waals surface area contributed by atoms with Crippen LogP contribution in [0.3, 0.4) is 0 Å². The number of benzene rings is 1. The van der Waals surface area contributed by atoms with E-state index in [9.17, 15) is 9.90 Å². The maximum Gasteiger partial charge on any atom is 0.309 e. The molecule has 2 bridgehead atoms. The van der Waals surface area contributed by atoms with Gasteiger partial charge in [-0.05, 0) is 67.6 Å². The van der Waals surface area contributed by atoms with Crippen LogP contribution < -0.4 is 0 Å². The second kappa shape index (κ2) is 7.27. The SMILES string of the molecule is Cc1cccc(CC2=C(/C=C/[C@@H]3C[C@@H](O)CC(=O)O3)C3(C)CCC2CC3)c1. The van der Waals surface area contributed by atoms with Gasteiger partial charge in [-0.25, -0.2) is 0 Å². The number of ether oxygens (including phenoxy) is 1. The highest BCUT2D eigenvalue weighted by molar-refractivity contribution is 5.71. The smallest absolute Gasteiger partial charge is 0.309 e. The first-order chi connectivity index (χ1) is 12.9. The lowest BCUT2D eigenvalue weighted by molar-refractivity contribution is -0.156. The quantitative estimate of drug-likeness (QED) is 0.788. The number of esters is 1. The third-order valence-corrected chi connectivity index (χ3v) is 6.72. The lowest BCUT2D eigenvalue weighted by Gasteiger charge is -2.47. The van der Waals surface area contributed by atoms with Crippen molar-refractivity contribution in [1.29, 1.82) is 0 Å². The van der Waals surface area contributed by atoms with Gasteiger partial charge in [0.2, 0.25) is 0 Å². The summed E-state index contributed by atoms with van der Waals surface area (Å²) in [7, 11) is 0. The number of allylic oxidation sites excluding steroid dienone is 3. The number of carbonyl (C=O) groups excluding carboxylic acids is 1. The Morgan fingerprint density at radius 2 is 2.07 bits per heavy atom. The molecule has 1 saturated heterocycles. The van der Waals surface area contributed by atoms with Crippen LogP contribution in [0.25, 0.3) is 0 Å². The van der Waals surface area contributed by atoms with Crippen LogP contribution in [0.2, 0.25) is 0 Å². The Morgan fingerprint density at radius 1 is 1.30 bits per heavy atom. The van der Waals surface area contributed by atoms with Gasteiger partial charge in [-0.15, -0.1) is 0 Å². The van der Waals surface area contributed by atoms with E-state index >= 15 is 0 Å². The molecule has 3 heteroatoms. The summed E-state index contributed by atoms with van der Waals surface area (Å²) in [5.41, 5.74) is 5.93. The first-order valence-electron chi connectivity index (χ1n) is 10.3. The highest BCUT2D eigenvalue weighted by Gasteiger charge is 2.42. The van der Waals surface area contributed by atoms with Crippen molar-refractivity contribution >= 4 is 5.97 Å². The summed E-state index contributed by atoms with van der Waals surface area (Å²) in [5.74, 6) is 0.375. The highest BCUT2D eigenvalue weighted by Crippen LogP contribution is 2.54. The molecule has 1 N–H and O–H groups in total. The van der Waals surface area contributed by atoms with Crippen LogP contribution >= 0.6 is 0 Å². The van der Waals surface area contributed by atoms with Gasteiger partial charge < -0.3 is 9.84 Å². The molecule has 3 nitrogen and oxygen atoms in total. The minimum absolute atomic E-state index is 0.117. The van der Waals surface area contributed by atoms with Gasteiger partial charge in [0.15, 0.2) is 0 Å². The van der Waals surface area contributed by atoms with Crippen LogP contribution in [0, 0.1) is 18.3 Å². The molecule has 0 unspecified atom stereocenters. The summed E-state index contributed by atoms with van der Waals surface area (Å²) in [6.45, 7) is 4.54. The Morgan fingerprint density at radius 3 is 2.78 bits per heavy atom. The van der Waals surface area contributed by atoms with Crippen LogP contribution in [-0.4, -0.2) is 23.3 Å². The zero-order chi connectivity index (χ0) is 19.0. The summed E-state index contributed by atoms with van der Waals surface area (Å²) < 4.78 is 5.42. The van der Waals surface area contributed by atoms with Gasteiger partial charge in [0, 0.05) is 6.42 Å². The molecule has 3 aliphatic carbocycles. The van der Waals surface area contributed by atoms with Crippen molar-refractivity contribution in [3.63, 3.8) is 0 Å². The van der Waals surface area contributed by atoms with Crippen molar-refractivity contribution < 1.29 is 14.6 Å². The summed E-state index contributed by atoms with van der Waals surface area (Å²) in [4.78, 5) is 11.6. The molecule has 0 spiro atoms. The summed E-state index contributed by atoms with van der Waals surface area (Å²) in [6, 6.07) is 8.81. The minimum Gasteiger partial charge on any atom is -0.458 e. The molecule has 27 heavy (non-hydrogen) atoms. The van der Waals surface area contributed by atoms with E-state index < -0.39 is 6.10 Å². The molecule has 1 heterocycles. The number of aliphatic hydroxyl groups is 1. The molecule has 4 aliphatic rings. The number of carbonyl (C=O) groups is 1. The normalized spacial score (nSPS) is 33.6. The molecular weight excluding hydrogens is 336 g/mol. The highest BCUT2D eigenvalue weighted by atomic mass is 16.5. The van der Waals surface area contributed by atoms with Crippen LogP contribution in [0.5, 0.6) is 0 Å². The number of aryl methyl sites for hydroxylation is 1. The second-order valence-electron chi connectivity index (χ2n) is 8.92. The Balaban J connectivity index is 1.64. The molecular formula is C24H30O3. The molecule has 2 fully saturated rings. The number of fused-ring (bicyclic) bond motifs is 2. The molecule has 1 aromatic carbocycles. The second-order valence-corrected chi connectivity index (χ2v) is 8.92. The molecule has 0 radical (unpaired) electrons. The average molecular weight is 367 g/mol. The van der Waals surface area contributed by atoms with Crippen LogP contribution in [0.15, 0.2) is 47.6 Å². The van der Waals surface area contributed by atoms with Gasteiger partial charge in [0.1, 0.15) is 6.10 Å². The maximum absolute atomic E-state index is 11.6. The van der Waals surface area contributed by atoms with Crippen molar-refractivity contribution in [3.8, 4) is 0 Å². The zero-order valence-corrected chi connectivity index (χ0v) is 16.4. The van der Waals surface area contributed by atoms with Gasteiger partial charge >= 0.3 is 5.97 Å². The third-order valence-electron chi connectivity index (χ3n) is 6.72. The van der Waals surface area contributed by atoms with Gasteiger partial charge in [0.05, 0.1) is 12.5 Å². The Hall–Kier alpha value is -1.87. The van der Waals surface area contributed by atoms with Crippen molar-refractivity contribution in [2.45, 2.75) is 71.0 Å². The van der Waals surface area contributed by atoms with Crippen molar-refractivity contribution in [1.82, 2.24) is 0 Å². The number of aliphatic hydroxyl groups excluding tert-OH is 1. The number of rotatable bonds is 4. The first-order valence-corrected chi connectivity index (χ1v) is 10.3. The van der Waals surface area contributed by atoms with Gasteiger partial charge in [-0.2, -0.15) is 0 Å². The predicted molar refractivity (Wildman–Crippen MR) is 106 cm³/mol. The summed E-state index contributed by atoms with van der Waals surface area (Å²) in [6.07, 6.45) is 10.0. The Labute approximate surface area is 162 Å². The third kappa shape index (κ3) is 3.89. The topological polar surface area (TPSA) is 46.5 Å². The van der Waals surface area contributed by atoms with Crippen molar-refractivity contribution in [2.24, 2.45) is 11.3 Å². The van der Waals surface area contributed by atoms with Gasteiger partial charge in [-0.1, -0.05) is 48.4 Å². The molecule has 0 amide bonds. The maximum atomic E-state index is 11.6. The number of cyclic esters (lactones) is 1. The van der Waals surface area contributed by atoms with Crippen molar-refractivity contribution in [2.75, 3.05) is 0 Å². The molecule has 1 aromatic rings. The Bertz CT molecular complexity index is 781. The molecule has 1 aliphatic heterocycles. The van der Waals surface area contributed by atoms with Gasteiger partial charge in [-0.3, -0.25) is 4.79 Å². The first kappa shape index (κ1) is 18.5. The summed E-state index contributed by atoms with van der Waals surface area (Å²) in [5, 5.41) is 9.87. The molecule has 5 rings (SSSR count). The monoisotopic (exact) mass is 366 g/mol. The van der Waals surface area contributed by atoms with E-state index in [1.54, 1.807) is 5.57 Å². The zero-order valence-electron chi connectivity index (χ0n) is 16.4. The fourth-order valence-electron chi connectivity index (χ4n) is 5.20. The van der Waals surface area contributed by atoms with E-state index in [4.69, 9.17) is 4.74 Å². The fraction of sp³-hybridized carbons (Fsp3) is 0.542. The summed E-state index contributed by atoms with van der Waals surface area (Å²) >= 11 is 0. The fourth-order valence-corrected chi connectivity index (χ4v) is 5.20. The van der Waals surface area contributed by atoms with Crippen LogP contribution in [0.1, 0.15) is 56.6 Å². The average Bonchev–Trinajstić information content (AvgIpc) is 2.60.